The summed E-state index contributed by atoms with van der Waals surface area (Å²) in [7, 11) is 0. The molecule has 0 radical (unpaired) electrons. The largest absolute Gasteiger partial charge is 0.326 e. The van der Waals surface area contributed by atoms with Gasteiger partial charge in [-0.25, -0.2) is 4.98 Å². The van der Waals surface area contributed by atoms with Crippen molar-refractivity contribution in [2.24, 2.45) is 0 Å². The van der Waals surface area contributed by atoms with E-state index in [0.717, 1.165) is 11.2 Å². The molecule has 0 spiro atoms. The molecule has 3 aromatic rings. The van der Waals surface area contributed by atoms with Crippen LogP contribution < -0.4 is 10.6 Å². The number of fused-ring (bicyclic) bond motifs is 1. The second kappa shape index (κ2) is 6.16. The standard InChI is InChI=1S/C18H18N4O2/c1-11-4-9-16-19-12(2)17(22(16)10-11)18(24)21-15-7-5-14(6-8-15)20-13(3)23/h4-10H,1-3H3,(H,20,23)(H,21,24). The average Bonchev–Trinajstić information content (AvgIpc) is 2.84. The fourth-order valence-corrected chi connectivity index (χ4v) is 2.57. The van der Waals surface area contributed by atoms with Gasteiger partial charge in [0.05, 0.1) is 5.69 Å². The number of nitrogens with one attached hydrogen (secondary N) is 2. The minimum absolute atomic E-state index is 0.136. The fraction of sp³-hybridized carbons (Fsp3) is 0.167. The lowest BCUT2D eigenvalue weighted by atomic mass is 10.2. The molecular formula is C18H18N4O2. The number of hydrogen-bond donors (Lipinski definition) is 2. The zero-order valence-electron chi connectivity index (χ0n) is 13.8. The molecule has 0 aliphatic carbocycles. The van der Waals surface area contributed by atoms with Crippen molar-refractivity contribution < 1.29 is 9.59 Å². The summed E-state index contributed by atoms with van der Waals surface area (Å²) >= 11 is 0. The number of aryl methyl sites for hydroxylation is 2. The van der Waals surface area contributed by atoms with Crippen LogP contribution in [-0.2, 0) is 4.79 Å². The Bertz CT molecular complexity index is 926. The Balaban J connectivity index is 1.86. The number of hydrogen-bond acceptors (Lipinski definition) is 3. The lowest BCUT2D eigenvalue weighted by molar-refractivity contribution is -0.114. The van der Waals surface area contributed by atoms with Crippen LogP contribution in [0.3, 0.4) is 0 Å². The summed E-state index contributed by atoms with van der Waals surface area (Å²) in [4.78, 5) is 28.1. The second-order valence-electron chi connectivity index (χ2n) is 5.69. The van der Waals surface area contributed by atoms with E-state index in [1.807, 2.05) is 32.2 Å². The SMILES string of the molecule is CC(=O)Nc1ccc(NC(=O)c2c(C)nc3ccc(C)cn23)cc1. The molecule has 24 heavy (non-hydrogen) atoms. The summed E-state index contributed by atoms with van der Waals surface area (Å²) in [5.41, 5.74) is 4.31. The molecule has 0 fully saturated rings. The number of carbonyl (C=O) groups is 2. The Kier molecular flexibility index (Phi) is 4.04. The number of anilines is 2. The van der Waals surface area contributed by atoms with E-state index in [1.54, 1.807) is 28.7 Å². The first-order valence-corrected chi connectivity index (χ1v) is 7.58. The molecule has 6 heteroatoms. The first-order chi connectivity index (χ1) is 11.4. The molecule has 0 saturated carbocycles. The number of aromatic nitrogens is 2. The zero-order chi connectivity index (χ0) is 17.3. The molecule has 6 nitrogen and oxygen atoms in total. The van der Waals surface area contributed by atoms with Crippen LogP contribution in [0.2, 0.25) is 0 Å². The lowest BCUT2D eigenvalue weighted by Crippen LogP contribution is -2.15. The monoisotopic (exact) mass is 322 g/mol. The number of amides is 2. The van der Waals surface area contributed by atoms with E-state index in [1.165, 1.54) is 6.92 Å². The van der Waals surface area contributed by atoms with Crippen LogP contribution in [0.25, 0.3) is 5.65 Å². The molecule has 1 aromatic carbocycles. The molecule has 0 bridgehead atoms. The van der Waals surface area contributed by atoms with Crippen molar-refractivity contribution in [3.05, 3.63) is 59.5 Å². The van der Waals surface area contributed by atoms with Crippen LogP contribution in [0, 0.1) is 13.8 Å². The van der Waals surface area contributed by atoms with Crippen LogP contribution in [0.5, 0.6) is 0 Å². The van der Waals surface area contributed by atoms with Gasteiger partial charge in [0.15, 0.2) is 0 Å². The summed E-state index contributed by atoms with van der Waals surface area (Å²) in [5.74, 6) is -0.360. The molecule has 0 unspecified atom stereocenters. The van der Waals surface area contributed by atoms with E-state index in [9.17, 15) is 9.59 Å². The topological polar surface area (TPSA) is 75.5 Å². The van der Waals surface area contributed by atoms with Gasteiger partial charge in [-0.1, -0.05) is 6.07 Å². The van der Waals surface area contributed by atoms with Crippen molar-refractivity contribution in [1.82, 2.24) is 9.38 Å². The van der Waals surface area contributed by atoms with E-state index in [-0.39, 0.29) is 11.8 Å². The van der Waals surface area contributed by atoms with E-state index in [4.69, 9.17) is 0 Å². The highest BCUT2D eigenvalue weighted by molar-refractivity contribution is 6.04. The first-order valence-electron chi connectivity index (χ1n) is 7.58. The molecule has 122 valence electrons. The van der Waals surface area contributed by atoms with Gasteiger partial charge in [-0.3, -0.25) is 14.0 Å². The number of imidazole rings is 1. The normalized spacial score (nSPS) is 10.6. The van der Waals surface area contributed by atoms with Crippen molar-refractivity contribution in [1.29, 1.82) is 0 Å². The van der Waals surface area contributed by atoms with Crippen molar-refractivity contribution in [2.75, 3.05) is 10.6 Å². The zero-order valence-corrected chi connectivity index (χ0v) is 13.8. The molecule has 2 heterocycles. The smallest absolute Gasteiger partial charge is 0.274 e. The fourth-order valence-electron chi connectivity index (χ4n) is 2.57. The van der Waals surface area contributed by atoms with Gasteiger partial charge in [-0.05, 0) is 49.7 Å². The molecule has 0 atom stereocenters. The molecule has 2 amide bonds. The third-order valence-corrected chi connectivity index (χ3v) is 3.62. The maximum absolute atomic E-state index is 12.6. The Hall–Kier alpha value is -3.15. The van der Waals surface area contributed by atoms with Crippen LogP contribution in [0.1, 0.15) is 28.7 Å². The van der Waals surface area contributed by atoms with Crippen LogP contribution in [0.15, 0.2) is 42.6 Å². The lowest BCUT2D eigenvalue weighted by Gasteiger charge is -2.08. The predicted molar refractivity (Wildman–Crippen MR) is 93.4 cm³/mol. The maximum atomic E-state index is 12.6. The third kappa shape index (κ3) is 3.12. The van der Waals surface area contributed by atoms with Gasteiger partial charge < -0.3 is 10.6 Å². The minimum atomic E-state index is -0.224. The molecule has 0 saturated heterocycles. The van der Waals surface area contributed by atoms with E-state index >= 15 is 0 Å². The molecule has 0 aliphatic rings. The number of benzene rings is 1. The van der Waals surface area contributed by atoms with Crippen molar-refractivity contribution in [3.8, 4) is 0 Å². The van der Waals surface area contributed by atoms with Crippen LogP contribution in [0.4, 0.5) is 11.4 Å². The Morgan fingerprint density at radius 1 is 0.958 bits per heavy atom. The summed E-state index contributed by atoms with van der Waals surface area (Å²) in [6, 6.07) is 10.8. The molecular weight excluding hydrogens is 304 g/mol. The third-order valence-electron chi connectivity index (χ3n) is 3.62. The highest BCUT2D eigenvalue weighted by Gasteiger charge is 2.16. The highest BCUT2D eigenvalue weighted by Crippen LogP contribution is 2.17. The van der Waals surface area contributed by atoms with Crippen molar-refractivity contribution in [2.45, 2.75) is 20.8 Å². The summed E-state index contributed by atoms with van der Waals surface area (Å²) in [5, 5.41) is 5.55. The van der Waals surface area contributed by atoms with Crippen LogP contribution in [-0.4, -0.2) is 21.2 Å². The van der Waals surface area contributed by atoms with E-state index < -0.39 is 0 Å². The molecule has 0 aliphatic heterocycles. The summed E-state index contributed by atoms with van der Waals surface area (Å²) < 4.78 is 1.80. The van der Waals surface area contributed by atoms with E-state index in [2.05, 4.69) is 15.6 Å². The van der Waals surface area contributed by atoms with Gasteiger partial charge in [-0.2, -0.15) is 0 Å². The summed E-state index contributed by atoms with van der Waals surface area (Å²) in [6.07, 6.45) is 1.89. The van der Waals surface area contributed by atoms with Gasteiger partial charge in [0, 0.05) is 24.5 Å². The quantitative estimate of drug-likeness (QED) is 0.778. The Labute approximate surface area is 139 Å². The number of nitrogens with zero attached hydrogens (tertiary/aromatic N) is 2. The Morgan fingerprint density at radius 2 is 1.58 bits per heavy atom. The number of pyridine rings is 1. The predicted octanol–water partition coefficient (Wildman–Crippen LogP) is 3.16. The minimum Gasteiger partial charge on any atom is -0.326 e. The summed E-state index contributed by atoms with van der Waals surface area (Å²) in [6.45, 7) is 5.24. The van der Waals surface area contributed by atoms with Gasteiger partial charge in [-0.15, -0.1) is 0 Å². The average molecular weight is 322 g/mol. The molecule has 3 rings (SSSR count). The van der Waals surface area contributed by atoms with Gasteiger partial charge in [0.25, 0.3) is 5.91 Å². The second-order valence-corrected chi connectivity index (χ2v) is 5.69. The van der Waals surface area contributed by atoms with Gasteiger partial charge in [0.1, 0.15) is 11.3 Å². The number of carbonyl (C=O) groups excluding carboxylic acids is 2. The molecule has 2 N–H and O–H groups in total. The Morgan fingerprint density at radius 3 is 2.21 bits per heavy atom. The van der Waals surface area contributed by atoms with Crippen molar-refractivity contribution in [3.63, 3.8) is 0 Å². The van der Waals surface area contributed by atoms with Crippen LogP contribution >= 0.6 is 0 Å². The van der Waals surface area contributed by atoms with Crippen molar-refractivity contribution >= 4 is 28.8 Å². The maximum Gasteiger partial charge on any atom is 0.274 e. The highest BCUT2D eigenvalue weighted by atomic mass is 16.2. The van der Waals surface area contributed by atoms with E-state index in [0.29, 0.717) is 22.8 Å². The first kappa shape index (κ1) is 15.7. The molecule has 2 aromatic heterocycles. The van der Waals surface area contributed by atoms with Gasteiger partial charge in [0.2, 0.25) is 5.91 Å². The number of rotatable bonds is 3. The van der Waals surface area contributed by atoms with Gasteiger partial charge >= 0.3 is 0 Å².